The van der Waals surface area contributed by atoms with Crippen LogP contribution in [0.1, 0.15) is 51.7 Å². The Balaban J connectivity index is 1.85. The van der Waals surface area contributed by atoms with Crippen LogP contribution in [-0.4, -0.2) is 28.6 Å². The maximum absolute atomic E-state index is 11.6. The normalized spacial score (nSPS) is 15.2. The Morgan fingerprint density at radius 1 is 0.833 bits per heavy atom. The predicted molar refractivity (Wildman–Crippen MR) is 101 cm³/mol. The van der Waals surface area contributed by atoms with Gasteiger partial charge in [-0.05, 0) is 69.3 Å². The van der Waals surface area contributed by atoms with E-state index in [2.05, 4.69) is 69.0 Å². The molecule has 0 fully saturated rings. The summed E-state index contributed by atoms with van der Waals surface area (Å²) in [4.78, 5) is 2.50. The Morgan fingerprint density at radius 3 is 1.75 bits per heavy atom. The van der Waals surface area contributed by atoms with Gasteiger partial charge in [-0.2, -0.15) is 0 Å². The standard InChI is InChI=1S/C22H29NO/c1-16(2)23(17(3)4)15-9-14-22(24)20-12-7-5-10-18(20)19-11-6-8-13-21(19)22/h5-8,10-13,16-17,24H,9,14-15H2,1-4H3. The Labute approximate surface area is 146 Å². The van der Waals surface area contributed by atoms with Crippen molar-refractivity contribution in [2.45, 2.75) is 58.2 Å². The van der Waals surface area contributed by atoms with Gasteiger partial charge in [0.05, 0.1) is 0 Å². The summed E-state index contributed by atoms with van der Waals surface area (Å²) in [5.74, 6) is 0. The molecule has 0 aliphatic heterocycles. The van der Waals surface area contributed by atoms with E-state index in [0.717, 1.165) is 30.5 Å². The van der Waals surface area contributed by atoms with Gasteiger partial charge < -0.3 is 5.11 Å². The minimum Gasteiger partial charge on any atom is -0.380 e. The first-order chi connectivity index (χ1) is 11.4. The van der Waals surface area contributed by atoms with Crippen molar-refractivity contribution in [2.75, 3.05) is 6.54 Å². The van der Waals surface area contributed by atoms with Crippen LogP contribution in [0, 0.1) is 0 Å². The average molecular weight is 323 g/mol. The number of hydrogen-bond acceptors (Lipinski definition) is 2. The van der Waals surface area contributed by atoms with Gasteiger partial charge in [0, 0.05) is 12.1 Å². The fourth-order valence-electron chi connectivity index (χ4n) is 4.20. The number of hydrogen-bond donors (Lipinski definition) is 1. The molecule has 0 aromatic heterocycles. The molecule has 128 valence electrons. The van der Waals surface area contributed by atoms with Crippen LogP contribution < -0.4 is 0 Å². The summed E-state index contributed by atoms with van der Waals surface area (Å²) in [6.07, 6.45) is 1.74. The number of fused-ring (bicyclic) bond motifs is 3. The molecule has 0 atom stereocenters. The van der Waals surface area contributed by atoms with Crippen LogP contribution >= 0.6 is 0 Å². The molecule has 2 nitrogen and oxygen atoms in total. The fourth-order valence-corrected chi connectivity index (χ4v) is 4.20. The summed E-state index contributed by atoms with van der Waals surface area (Å²) in [7, 11) is 0. The van der Waals surface area contributed by atoms with Crippen molar-refractivity contribution in [3.05, 3.63) is 59.7 Å². The predicted octanol–water partition coefficient (Wildman–Crippen LogP) is 4.80. The number of aliphatic hydroxyl groups is 1. The minimum atomic E-state index is -0.854. The summed E-state index contributed by atoms with van der Waals surface area (Å²) in [5, 5.41) is 11.6. The Morgan fingerprint density at radius 2 is 1.29 bits per heavy atom. The van der Waals surface area contributed by atoms with E-state index < -0.39 is 5.60 Å². The molecule has 2 heteroatoms. The number of rotatable bonds is 6. The maximum atomic E-state index is 11.6. The number of nitrogens with zero attached hydrogens (tertiary/aromatic N) is 1. The first kappa shape index (κ1) is 17.2. The summed E-state index contributed by atoms with van der Waals surface area (Å²) in [6, 6.07) is 17.7. The molecule has 2 aromatic carbocycles. The van der Waals surface area contributed by atoms with E-state index in [1.54, 1.807) is 0 Å². The smallest absolute Gasteiger partial charge is 0.116 e. The highest BCUT2D eigenvalue weighted by Gasteiger charge is 2.40. The third-order valence-electron chi connectivity index (χ3n) is 5.32. The Hall–Kier alpha value is -1.64. The molecular weight excluding hydrogens is 294 g/mol. The first-order valence-corrected chi connectivity index (χ1v) is 9.12. The van der Waals surface area contributed by atoms with Crippen molar-refractivity contribution in [1.29, 1.82) is 0 Å². The molecule has 0 bridgehead atoms. The lowest BCUT2D eigenvalue weighted by molar-refractivity contribution is 0.0649. The Bertz CT molecular complexity index is 651. The lowest BCUT2D eigenvalue weighted by Gasteiger charge is -2.32. The second kappa shape index (κ2) is 6.70. The second-order valence-corrected chi connectivity index (χ2v) is 7.48. The quantitative estimate of drug-likeness (QED) is 0.825. The van der Waals surface area contributed by atoms with Crippen LogP contribution in [0.2, 0.25) is 0 Å². The van der Waals surface area contributed by atoms with E-state index in [1.807, 2.05) is 12.1 Å². The van der Waals surface area contributed by atoms with E-state index in [9.17, 15) is 5.11 Å². The maximum Gasteiger partial charge on any atom is 0.116 e. The zero-order valence-corrected chi connectivity index (χ0v) is 15.3. The molecule has 0 heterocycles. The summed E-state index contributed by atoms with van der Waals surface area (Å²) < 4.78 is 0. The molecule has 1 aliphatic carbocycles. The molecule has 3 rings (SSSR count). The highest BCUT2D eigenvalue weighted by molar-refractivity contribution is 5.79. The van der Waals surface area contributed by atoms with Gasteiger partial charge >= 0.3 is 0 Å². The van der Waals surface area contributed by atoms with Gasteiger partial charge in [-0.1, -0.05) is 48.5 Å². The van der Waals surface area contributed by atoms with E-state index in [4.69, 9.17) is 0 Å². The highest BCUT2D eigenvalue weighted by Crippen LogP contribution is 2.49. The van der Waals surface area contributed by atoms with Crippen molar-refractivity contribution in [3.8, 4) is 11.1 Å². The van der Waals surface area contributed by atoms with Crippen molar-refractivity contribution in [2.24, 2.45) is 0 Å². The third kappa shape index (κ3) is 2.89. The van der Waals surface area contributed by atoms with E-state index in [-0.39, 0.29) is 0 Å². The molecule has 1 N–H and O–H groups in total. The summed E-state index contributed by atoms with van der Waals surface area (Å²) in [5.41, 5.74) is 3.63. The van der Waals surface area contributed by atoms with Crippen LogP contribution in [0.25, 0.3) is 11.1 Å². The zero-order chi connectivity index (χ0) is 17.3. The topological polar surface area (TPSA) is 23.5 Å². The van der Waals surface area contributed by atoms with Gasteiger partial charge in [0.2, 0.25) is 0 Å². The van der Waals surface area contributed by atoms with Crippen LogP contribution in [0.15, 0.2) is 48.5 Å². The molecule has 0 saturated carbocycles. The van der Waals surface area contributed by atoms with Gasteiger partial charge in [0.25, 0.3) is 0 Å². The second-order valence-electron chi connectivity index (χ2n) is 7.48. The third-order valence-corrected chi connectivity index (χ3v) is 5.32. The van der Waals surface area contributed by atoms with Gasteiger partial charge in [-0.25, -0.2) is 0 Å². The van der Waals surface area contributed by atoms with Crippen LogP contribution in [-0.2, 0) is 5.60 Å². The van der Waals surface area contributed by atoms with Crippen LogP contribution in [0.4, 0.5) is 0 Å². The monoisotopic (exact) mass is 323 g/mol. The van der Waals surface area contributed by atoms with E-state index >= 15 is 0 Å². The highest BCUT2D eigenvalue weighted by atomic mass is 16.3. The van der Waals surface area contributed by atoms with Crippen molar-refractivity contribution in [1.82, 2.24) is 4.90 Å². The molecule has 0 saturated heterocycles. The van der Waals surface area contributed by atoms with Gasteiger partial charge in [0.15, 0.2) is 0 Å². The fraction of sp³-hybridized carbons (Fsp3) is 0.455. The van der Waals surface area contributed by atoms with Gasteiger partial charge in [-0.3, -0.25) is 4.90 Å². The lowest BCUT2D eigenvalue weighted by atomic mass is 9.87. The average Bonchev–Trinajstić information content (AvgIpc) is 2.82. The molecule has 1 aliphatic rings. The number of benzene rings is 2. The molecule has 2 aromatic rings. The molecule has 0 radical (unpaired) electrons. The summed E-state index contributed by atoms with van der Waals surface area (Å²) >= 11 is 0. The molecule has 0 spiro atoms. The molecular formula is C22H29NO. The molecule has 0 amide bonds. The SMILES string of the molecule is CC(C)N(CCCC1(O)c2ccccc2-c2ccccc21)C(C)C. The van der Waals surface area contributed by atoms with Crippen molar-refractivity contribution in [3.63, 3.8) is 0 Å². The van der Waals surface area contributed by atoms with Crippen LogP contribution in [0.3, 0.4) is 0 Å². The van der Waals surface area contributed by atoms with Crippen molar-refractivity contribution >= 4 is 0 Å². The largest absolute Gasteiger partial charge is 0.380 e. The zero-order valence-electron chi connectivity index (χ0n) is 15.3. The van der Waals surface area contributed by atoms with E-state index in [1.165, 1.54) is 11.1 Å². The Kier molecular flexibility index (Phi) is 4.80. The van der Waals surface area contributed by atoms with Crippen molar-refractivity contribution < 1.29 is 5.11 Å². The van der Waals surface area contributed by atoms with E-state index in [0.29, 0.717) is 12.1 Å². The lowest BCUT2D eigenvalue weighted by Crippen LogP contribution is -2.38. The van der Waals surface area contributed by atoms with Gasteiger partial charge in [-0.15, -0.1) is 0 Å². The molecule has 0 unspecified atom stereocenters. The van der Waals surface area contributed by atoms with Crippen LogP contribution in [0.5, 0.6) is 0 Å². The minimum absolute atomic E-state index is 0.530. The summed E-state index contributed by atoms with van der Waals surface area (Å²) in [6.45, 7) is 10.00. The van der Waals surface area contributed by atoms with Gasteiger partial charge in [0.1, 0.15) is 5.60 Å². The molecule has 24 heavy (non-hydrogen) atoms. The first-order valence-electron chi connectivity index (χ1n) is 9.12.